The normalized spacial score (nSPS) is 30.8. The van der Waals surface area contributed by atoms with Gasteiger partial charge in [-0.3, -0.25) is 9.59 Å². The molecule has 0 aromatic carbocycles. The molecule has 2 saturated carbocycles. The minimum Gasteiger partial charge on any atom is -0.459 e. The molecular weight excluding hydrogens is 280 g/mol. The zero-order valence-electron chi connectivity index (χ0n) is 12.7. The second-order valence-corrected chi connectivity index (χ2v) is 6.88. The van der Waals surface area contributed by atoms with Crippen LogP contribution in [0.4, 0.5) is 0 Å². The number of carbonyl (C=O) groups is 2. The van der Waals surface area contributed by atoms with E-state index in [9.17, 15) is 9.59 Å². The molecule has 2 aliphatic carbocycles. The molecule has 3 aliphatic rings. The van der Waals surface area contributed by atoms with Gasteiger partial charge in [-0.25, -0.2) is 0 Å². The summed E-state index contributed by atoms with van der Waals surface area (Å²) >= 11 is 0. The molecule has 1 aliphatic heterocycles. The van der Waals surface area contributed by atoms with Crippen LogP contribution in [0, 0.1) is 17.8 Å². The zero-order chi connectivity index (χ0) is 15.1. The van der Waals surface area contributed by atoms with Gasteiger partial charge in [0, 0.05) is 32.1 Å². The second kappa shape index (κ2) is 5.45. The highest BCUT2D eigenvalue weighted by Crippen LogP contribution is 2.48. The Bertz CT molecular complexity index is 560. The molecule has 22 heavy (non-hydrogen) atoms. The van der Waals surface area contributed by atoms with Gasteiger partial charge in [0.05, 0.1) is 6.26 Å². The lowest BCUT2D eigenvalue weighted by molar-refractivity contribution is -0.138. The SMILES string of the molecule is O=C(c1ccco1)N1CCN(C(=O)C2CC3CCC2C3)CC1. The molecule has 5 heteroatoms. The third kappa shape index (κ3) is 2.32. The number of fused-ring (bicyclic) bond motifs is 2. The van der Waals surface area contributed by atoms with Crippen molar-refractivity contribution < 1.29 is 14.0 Å². The van der Waals surface area contributed by atoms with Crippen LogP contribution >= 0.6 is 0 Å². The van der Waals surface area contributed by atoms with Crippen LogP contribution in [0.2, 0.25) is 0 Å². The molecule has 3 atom stereocenters. The van der Waals surface area contributed by atoms with Crippen LogP contribution in [0.1, 0.15) is 36.2 Å². The average molecular weight is 302 g/mol. The van der Waals surface area contributed by atoms with E-state index in [1.807, 2.05) is 4.90 Å². The molecule has 2 amide bonds. The molecule has 4 rings (SSSR count). The molecule has 118 valence electrons. The van der Waals surface area contributed by atoms with Crippen LogP contribution in [0.3, 0.4) is 0 Å². The number of hydrogen-bond acceptors (Lipinski definition) is 3. The summed E-state index contributed by atoms with van der Waals surface area (Å²) in [7, 11) is 0. The molecule has 3 unspecified atom stereocenters. The maximum Gasteiger partial charge on any atom is 0.289 e. The maximum atomic E-state index is 12.7. The first kappa shape index (κ1) is 13.9. The van der Waals surface area contributed by atoms with Gasteiger partial charge in [-0.2, -0.15) is 0 Å². The first-order valence-corrected chi connectivity index (χ1v) is 8.34. The third-order valence-electron chi connectivity index (χ3n) is 5.67. The minimum absolute atomic E-state index is 0.0722. The van der Waals surface area contributed by atoms with Crippen molar-refractivity contribution in [1.82, 2.24) is 9.80 Å². The highest BCUT2D eigenvalue weighted by Gasteiger charge is 2.44. The predicted molar refractivity (Wildman–Crippen MR) is 80.1 cm³/mol. The lowest BCUT2D eigenvalue weighted by Crippen LogP contribution is -2.52. The summed E-state index contributed by atoms with van der Waals surface area (Å²) in [6, 6.07) is 3.41. The topological polar surface area (TPSA) is 53.8 Å². The zero-order valence-corrected chi connectivity index (χ0v) is 12.7. The summed E-state index contributed by atoms with van der Waals surface area (Å²) in [5.41, 5.74) is 0. The molecule has 1 saturated heterocycles. The van der Waals surface area contributed by atoms with Crippen LogP contribution in [0.25, 0.3) is 0 Å². The van der Waals surface area contributed by atoms with Crippen molar-refractivity contribution in [3.63, 3.8) is 0 Å². The molecule has 3 fully saturated rings. The highest BCUT2D eigenvalue weighted by molar-refractivity contribution is 5.91. The van der Waals surface area contributed by atoms with Crippen molar-refractivity contribution in [2.45, 2.75) is 25.7 Å². The van der Waals surface area contributed by atoms with Crippen molar-refractivity contribution in [2.75, 3.05) is 26.2 Å². The van der Waals surface area contributed by atoms with Gasteiger partial charge in [0.25, 0.3) is 5.91 Å². The number of nitrogens with zero attached hydrogens (tertiary/aromatic N) is 2. The summed E-state index contributed by atoms with van der Waals surface area (Å²) in [5, 5.41) is 0. The fraction of sp³-hybridized carbons (Fsp3) is 0.647. The first-order chi connectivity index (χ1) is 10.7. The van der Waals surface area contributed by atoms with Crippen molar-refractivity contribution in [3.05, 3.63) is 24.2 Å². The average Bonchev–Trinajstić information content (AvgIpc) is 3.30. The van der Waals surface area contributed by atoms with Gasteiger partial charge in [0.15, 0.2) is 5.76 Å². The Morgan fingerprint density at radius 1 is 1.05 bits per heavy atom. The number of amides is 2. The second-order valence-electron chi connectivity index (χ2n) is 6.88. The Kier molecular flexibility index (Phi) is 3.43. The van der Waals surface area contributed by atoms with Gasteiger partial charge in [0.1, 0.15) is 0 Å². The van der Waals surface area contributed by atoms with E-state index in [2.05, 4.69) is 0 Å². The molecule has 2 heterocycles. The van der Waals surface area contributed by atoms with Gasteiger partial charge in [-0.05, 0) is 43.2 Å². The Morgan fingerprint density at radius 2 is 1.82 bits per heavy atom. The summed E-state index contributed by atoms with van der Waals surface area (Å²) in [6.45, 7) is 2.51. The summed E-state index contributed by atoms with van der Waals surface area (Å²) < 4.78 is 5.17. The van der Waals surface area contributed by atoms with Crippen LogP contribution in [0.15, 0.2) is 22.8 Å². The third-order valence-corrected chi connectivity index (χ3v) is 5.67. The summed E-state index contributed by atoms with van der Waals surface area (Å²) in [4.78, 5) is 28.7. The number of furan rings is 1. The lowest BCUT2D eigenvalue weighted by Gasteiger charge is -2.37. The smallest absolute Gasteiger partial charge is 0.289 e. The lowest BCUT2D eigenvalue weighted by atomic mass is 9.87. The highest BCUT2D eigenvalue weighted by atomic mass is 16.3. The molecule has 5 nitrogen and oxygen atoms in total. The Balaban J connectivity index is 1.34. The van der Waals surface area contributed by atoms with Gasteiger partial charge in [-0.15, -0.1) is 0 Å². The number of carbonyl (C=O) groups excluding carboxylic acids is 2. The van der Waals surface area contributed by atoms with Gasteiger partial charge >= 0.3 is 0 Å². The Labute approximate surface area is 130 Å². The van der Waals surface area contributed by atoms with E-state index >= 15 is 0 Å². The Hall–Kier alpha value is -1.78. The molecule has 0 spiro atoms. The maximum absolute atomic E-state index is 12.7. The van der Waals surface area contributed by atoms with Crippen molar-refractivity contribution >= 4 is 11.8 Å². The van der Waals surface area contributed by atoms with E-state index < -0.39 is 0 Å². The molecule has 0 N–H and O–H groups in total. The molecular formula is C17H22N2O3. The Morgan fingerprint density at radius 3 is 2.41 bits per heavy atom. The number of piperazine rings is 1. The van der Waals surface area contributed by atoms with Gasteiger partial charge in [0.2, 0.25) is 5.91 Å². The van der Waals surface area contributed by atoms with Crippen LogP contribution in [0.5, 0.6) is 0 Å². The molecule has 2 bridgehead atoms. The number of rotatable bonds is 2. The first-order valence-electron chi connectivity index (χ1n) is 8.34. The van der Waals surface area contributed by atoms with E-state index in [1.165, 1.54) is 25.5 Å². The summed E-state index contributed by atoms with van der Waals surface area (Å²) in [6.07, 6.45) is 6.42. The van der Waals surface area contributed by atoms with E-state index in [-0.39, 0.29) is 11.8 Å². The van der Waals surface area contributed by atoms with Gasteiger partial charge < -0.3 is 14.2 Å². The van der Waals surface area contributed by atoms with Crippen molar-refractivity contribution in [1.29, 1.82) is 0 Å². The van der Waals surface area contributed by atoms with E-state index in [4.69, 9.17) is 4.42 Å². The fourth-order valence-corrected chi connectivity index (χ4v) is 4.47. The fourth-order valence-electron chi connectivity index (χ4n) is 4.47. The minimum atomic E-state index is -0.0722. The standard InChI is InChI=1S/C17H22N2O3/c20-16(14-11-12-3-4-13(14)10-12)18-5-7-19(8-6-18)17(21)15-2-1-9-22-15/h1-2,9,12-14H,3-8,10-11H2. The van der Waals surface area contributed by atoms with E-state index in [1.54, 1.807) is 17.0 Å². The van der Waals surface area contributed by atoms with E-state index in [0.717, 1.165) is 12.3 Å². The van der Waals surface area contributed by atoms with Crippen molar-refractivity contribution in [2.24, 2.45) is 17.8 Å². The van der Waals surface area contributed by atoms with Crippen LogP contribution in [-0.2, 0) is 4.79 Å². The summed E-state index contributed by atoms with van der Waals surface area (Å²) in [5.74, 6) is 2.31. The molecule has 1 aromatic heterocycles. The largest absolute Gasteiger partial charge is 0.459 e. The monoisotopic (exact) mass is 302 g/mol. The molecule has 1 aromatic rings. The van der Waals surface area contributed by atoms with Crippen LogP contribution < -0.4 is 0 Å². The van der Waals surface area contributed by atoms with Crippen molar-refractivity contribution in [3.8, 4) is 0 Å². The van der Waals surface area contributed by atoms with Crippen LogP contribution in [-0.4, -0.2) is 47.8 Å². The van der Waals surface area contributed by atoms with E-state index in [0.29, 0.717) is 43.8 Å². The molecule has 0 radical (unpaired) electrons. The quantitative estimate of drug-likeness (QED) is 0.839. The predicted octanol–water partition coefficient (Wildman–Crippen LogP) is 2.00. The van der Waals surface area contributed by atoms with Gasteiger partial charge in [-0.1, -0.05) is 6.42 Å². The number of hydrogen-bond donors (Lipinski definition) is 0.